The van der Waals surface area contributed by atoms with Gasteiger partial charge >= 0.3 is 12.1 Å². The molecule has 0 saturated heterocycles. The predicted molar refractivity (Wildman–Crippen MR) is 68.6 cm³/mol. The monoisotopic (exact) mass is 309 g/mol. The molecule has 20 heavy (non-hydrogen) atoms. The molecule has 5 nitrogen and oxygen atoms in total. The second-order valence-electron chi connectivity index (χ2n) is 3.62. The molecule has 0 aliphatic rings. The van der Waals surface area contributed by atoms with Gasteiger partial charge in [0.15, 0.2) is 0 Å². The number of hydrogen-bond donors (Lipinski definition) is 1. The topological polar surface area (TPSA) is 64.1 Å². The third kappa shape index (κ3) is 5.24. The van der Waals surface area contributed by atoms with Gasteiger partial charge in [0.05, 0.1) is 13.5 Å². The summed E-state index contributed by atoms with van der Waals surface area (Å²) in [6.45, 7) is 2.19. The molecule has 1 rings (SSSR count). The maximum Gasteiger partial charge on any atom is 0.451 e. The van der Waals surface area contributed by atoms with Crippen LogP contribution in [-0.2, 0) is 15.7 Å². The summed E-state index contributed by atoms with van der Waals surface area (Å²) in [6, 6.07) is 1.42. The first kappa shape index (κ1) is 16.5. The molecule has 1 aromatic heterocycles. The molecule has 9 heteroatoms. The van der Waals surface area contributed by atoms with E-state index in [4.69, 9.17) is 0 Å². The minimum Gasteiger partial charge on any atom is -0.469 e. The van der Waals surface area contributed by atoms with Gasteiger partial charge in [-0.3, -0.25) is 4.79 Å². The molecule has 0 bridgehead atoms. The molecular formula is C11H14F3N3O2S. The highest BCUT2D eigenvalue weighted by Gasteiger charge is 2.35. The van der Waals surface area contributed by atoms with E-state index in [-0.39, 0.29) is 23.0 Å². The Morgan fingerprint density at radius 1 is 1.45 bits per heavy atom. The smallest absolute Gasteiger partial charge is 0.451 e. The van der Waals surface area contributed by atoms with E-state index in [2.05, 4.69) is 20.0 Å². The van der Waals surface area contributed by atoms with Crippen LogP contribution in [0, 0.1) is 0 Å². The van der Waals surface area contributed by atoms with Crippen molar-refractivity contribution in [2.75, 3.05) is 24.7 Å². The summed E-state index contributed by atoms with van der Waals surface area (Å²) in [5, 5.41) is 2.87. The number of methoxy groups -OCH3 is 1. The summed E-state index contributed by atoms with van der Waals surface area (Å²) in [7, 11) is 1.25. The molecule has 1 heterocycles. The maximum absolute atomic E-state index is 12.7. The average molecular weight is 309 g/mol. The second kappa shape index (κ2) is 7.32. The number of carbonyl (C=O) groups is 1. The van der Waals surface area contributed by atoms with Gasteiger partial charge < -0.3 is 10.1 Å². The molecule has 0 aromatic carbocycles. The van der Waals surface area contributed by atoms with Crippen LogP contribution in [0.25, 0.3) is 0 Å². The molecule has 0 atom stereocenters. The lowest BCUT2D eigenvalue weighted by molar-refractivity contribution is -0.145. The zero-order chi connectivity index (χ0) is 15.2. The Balaban J connectivity index is 2.83. The molecule has 112 valence electrons. The van der Waals surface area contributed by atoms with E-state index >= 15 is 0 Å². The number of carbonyl (C=O) groups excluding carboxylic acids is 1. The average Bonchev–Trinajstić information content (AvgIpc) is 2.37. The van der Waals surface area contributed by atoms with Crippen molar-refractivity contribution in [1.82, 2.24) is 9.97 Å². The van der Waals surface area contributed by atoms with Crippen LogP contribution in [0.5, 0.6) is 0 Å². The highest BCUT2D eigenvalue weighted by Crippen LogP contribution is 2.29. The van der Waals surface area contributed by atoms with Crippen molar-refractivity contribution in [3.63, 3.8) is 0 Å². The van der Waals surface area contributed by atoms with Crippen LogP contribution in [-0.4, -0.2) is 35.3 Å². The normalized spacial score (nSPS) is 11.2. The predicted octanol–water partition coefficient (Wildman–Crippen LogP) is 2.58. The van der Waals surface area contributed by atoms with E-state index in [9.17, 15) is 18.0 Å². The number of halogens is 3. The van der Waals surface area contributed by atoms with Crippen LogP contribution in [0.2, 0.25) is 0 Å². The molecule has 1 aromatic rings. The second-order valence-corrected chi connectivity index (χ2v) is 4.73. The SMILES string of the molecule is CCNc1cc(SCCC(=O)OC)nc(C(F)(F)F)n1. The Morgan fingerprint density at radius 2 is 2.15 bits per heavy atom. The number of ether oxygens (including phenoxy) is 1. The molecular weight excluding hydrogens is 295 g/mol. The number of anilines is 1. The van der Waals surface area contributed by atoms with Gasteiger partial charge in [0.1, 0.15) is 10.8 Å². The van der Waals surface area contributed by atoms with Gasteiger partial charge in [-0.25, -0.2) is 9.97 Å². The first-order chi connectivity index (χ1) is 9.36. The van der Waals surface area contributed by atoms with E-state index in [1.54, 1.807) is 6.92 Å². The summed E-state index contributed by atoms with van der Waals surface area (Å²) in [5.41, 5.74) is 0. The molecule has 0 aliphatic carbocycles. The molecule has 0 unspecified atom stereocenters. The third-order valence-corrected chi connectivity index (χ3v) is 3.01. The first-order valence-corrected chi connectivity index (χ1v) is 6.75. The van der Waals surface area contributed by atoms with Gasteiger partial charge in [-0.1, -0.05) is 0 Å². The van der Waals surface area contributed by atoms with Gasteiger partial charge in [0.2, 0.25) is 5.82 Å². The van der Waals surface area contributed by atoms with E-state index in [0.29, 0.717) is 6.54 Å². The number of nitrogens with zero attached hydrogens (tertiary/aromatic N) is 2. The summed E-state index contributed by atoms with van der Waals surface area (Å²) < 4.78 is 42.4. The molecule has 0 spiro atoms. The van der Waals surface area contributed by atoms with E-state index in [1.807, 2.05) is 0 Å². The van der Waals surface area contributed by atoms with Crippen molar-refractivity contribution < 1.29 is 22.7 Å². The summed E-state index contributed by atoms with van der Waals surface area (Å²) >= 11 is 1.04. The number of esters is 1. The Bertz CT molecular complexity index is 469. The van der Waals surface area contributed by atoms with Crippen molar-refractivity contribution in [3.05, 3.63) is 11.9 Å². The fourth-order valence-electron chi connectivity index (χ4n) is 1.24. The van der Waals surface area contributed by atoms with Crippen molar-refractivity contribution in [2.24, 2.45) is 0 Å². The van der Waals surface area contributed by atoms with Gasteiger partial charge in [-0.15, -0.1) is 11.8 Å². The third-order valence-electron chi connectivity index (χ3n) is 2.10. The van der Waals surface area contributed by atoms with Gasteiger partial charge in [-0.05, 0) is 6.92 Å². The largest absolute Gasteiger partial charge is 0.469 e. The Hall–Kier alpha value is -1.51. The summed E-state index contributed by atoms with van der Waals surface area (Å²) in [4.78, 5) is 17.8. The van der Waals surface area contributed by atoms with Gasteiger partial charge in [-0.2, -0.15) is 13.2 Å². The fourth-order valence-corrected chi connectivity index (χ4v) is 2.06. The Kier molecular flexibility index (Phi) is 6.05. The molecule has 0 amide bonds. The zero-order valence-electron chi connectivity index (χ0n) is 11.0. The van der Waals surface area contributed by atoms with Crippen LogP contribution in [0.15, 0.2) is 11.1 Å². The van der Waals surface area contributed by atoms with Crippen LogP contribution in [0.4, 0.5) is 19.0 Å². The van der Waals surface area contributed by atoms with E-state index < -0.39 is 18.0 Å². The standard InChI is InChI=1S/C11H14F3N3O2S/c1-3-15-7-6-8(20-5-4-9(18)19-2)17-10(16-7)11(12,13)14/h6H,3-5H2,1-2H3,(H,15,16,17). The number of hydrogen-bond acceptors (Lipinski definition) is 6. The summed E-state index contributed by atoms with van der Waals surface area (Å²) in [5.74, 6) is -1.23. The highest BCUT2D eigenvalue weighted by molar-refractivity contribution is 7.99. The molecule has 1 N–H and O–H groups in total. The highest BCUT2D eigenvalue weighted by atomic mass is 32.2. The molecule has 0 saturated carbocycles. The maximum atomic E-state index is 12.7. The van der Waals surface area contributed by atoms with Crippen LogP contribution in [0.1, 0.15) is 19.2 Å². The van der Waals surface area contributed by atoms with Crippen LogP contribution in [0.3, 0.4) is 0 Å². The number of nitrogens with one attached hydrogen (secondary N) is 1. The minimum absolute atomic E-state index is 0.100. The number of aromatic nitrogens is 2. The van der Waals surface area contributed by atoms with Crippen LogP contribution >= 0.6 is 11.8 Å². The first-order valence-electron chi connectivity index (χ1n) is 5.76. The van der Waals surface area contributed by atoms with E-state index in [1.165, 1.54) is 13.2 Å². The van der Waals surface area contributed by atoms with Gasteiger partial charge in [0, 0.05) is 18.4 Å². The van der Waals surface area contributed by atoms with Crippen molar-refractivity contribution in [3.8, 4) is 0 Å². The van der Waals surface area contributed by atoms with Crippen molar-refractivity contribution in [1.29, 1.82) is 0 Å². The van der Waals surface area contributed by atoms with Gasteiger partial charge in [0.25, 0.3) is 0 Å². The molecule has 0 fully saturated rings. The summed E-state index contributed by atoms with van der Waals surface area (Å²) in [6.07, 6.45) is -4.51. The lowest BCUT2D eigenvalue weighted by atomic mass is 10.5. The van der Waals surface area contributed by atoms with Crippen LogP contribution < -0.4 is 5.32 Å². The molecule has 0 aliphatic heterocycles. The fraction of sp³-hybridized carbons (Fsp3) is 0.545. The van der Waals surface area contributed by atoms with E-state index in [0.717, 1.165) is 11.8 Å². The lowest BCUT2D eigenvalue weighted by Crippen LogP contribution is -2.13. The van der Waals surface area contributed by atoms with Crippen molar-refractivity contribution in [2.45, 2.75) is 24.5 Å². The lowest BCUT2D eigenvalue weighted by Gasteiger charge is -2.10. The van der Waals surface area contributed by atoms with Crippen molar-refractivity contribution >= 4 is 23.5 Å². The minimum atomic E-state index is -4.61. The number of thioether (sulfide) groups is 1. The quantitative estimate of drug-likeness (QED) is 0.495. The molecule has 0 radical (unpaired) electrons. The number of alkyl halides is 3. The zero-order valence-corrected chi connectivity index (χ0v) is 11.8. The Morgan fingerprint density at radius 3 is 2.70 bits per heavy atom. The number of rotatable bonds is 6. The Labute approximate surface area is 118 Å².